The van der Waals surface area contributed by atoms with E-state index in [1.807, 2.05) is 24.3 Å². The van der Waals surface area contributed by atoms with Crippen molar-refractivity contribution in [3.05, 3.63) is 78.5 Å². The number of nitrogens with zero attached hydrogens (tertiary/aromatic N) is 4. The monoisotopic (exact) mass is 314 g/mol. The van der Waals surface area contributed by atoms with Crippen LogP contribution in [0, 0.1) is 17.1 Å². The molecule has 1 aromatic carbocycles. The molecule has 0 aliphatic rings. The van der Waals surface area contributed by atoms with Crippen molar-refractivity contribution in [2.75, 3.05) is 0 Å². The number of hydrogen-bond acceptors (Lipinski definition) is 3. The molecule has 0 atom stereocenters. The number of halogens is 1. The van der Waals surface area contributed by atoms with E-state index < -0.39 is 0 Å². The summed E-state index contributed by atoms with van der Waals surface area (Å²) in [7, 11) is 0. The maximum absolute atomic E-state index is 13.3. The third-order valence-electron chi connectivity index (χ3n) is 3.86. The summed E-state index contributed by atoms with van der Waals surface area (Å²) in [6, 6.07) is 17.6. The minimum absolute atomic E-state index is 0.300. The highest BCUT2D eigenvalue weighted by Crippen LogP contribution is 2.35. The fourth-order valence-corrected chi connectivity index (χ4v) is 2.77. The summed E-state index contributed by atoms with van der Waals surface area (Å²) in [6.07, 6.45) is 3.42. The van der Waals surface area contributed by atoms with E-state index in [1.54, 1.807) is 35.1 Å². The Labute approximate surface area is 137 Å². The fraction of sp³-hybridized carbons (Fsp3) is 0. The molecule has 0 fully saturated rings. The molecule has 0 N–H and O–H groups in total. The van der Waals surface area contributed by atoms with Gasteiger partial charge in [-0.25, -0.2) is 8.91 Å². The van der Waals surface area contributed by atoms with Crippen molar-refractivity contribution in [3.63, 3.8) is 0 Å². The van der Waals surface area contributed by atoms with E-state index in [1.165, 1.54) is 12.1 Å². The zero-order valence-electron chi connectivity index (χ0n) is 12.5. The Balaban J connectivity index is 2.09. The molecule has 3 aromatic heterocycles. The molecule has 0 saturated carbocycles. The summed E-state index contributed by atoms with van der Waals surface area (Å²) in [5.41, 5.74) is 4.57. The summed E-state index contributed by atoms with van der Waals surface area (Å²) in [6.45, 7) is 0. The van der Waals surface area contributed by atoms with E-state index in [2.05, 4.69) is 16.2 Å². The van der Waals surface area contributed by atoms with Crippen LogP contribution in [-0.2, 0) is 0 Å². The predicted octanol–water partition coefficient (Wildman–Crippen LogP) is 4.07. The third-order valence-corrected chi connectivity index (χ3v) is 3.86. The number of benzene rings is 1. The van der Waals surface area contributed by atoms with Crippen LogP contribution < -0.4 is 0 Å². The molecule has 0 unspecified atom stereocenters. The van der Waals surface area contributed by atoms with Crippen LogP contribution in [0.4, 0.5) is 4.39 Å². The van der Waals surface area contributed by atoms with Crippen LogP contribution in [0.5, 0.6) is 0 Å². The van der Waals surface area contributed by atoms with Gasteiger partial charge in [0.1, 0.15) is 23.3 Å². The number of nitriles is 1. The molecular weight excluding hydrogens is 303 g/mol. The lowest BCUT2D eigenvalue weighted by molar-refractivity contribution is 0.628. The first-order chi connectivity index (χ1) is 11.8. The summed E-state index contributed by atoms with van der Waals surface area (Å²) in [5.74, 6) is -0.300. The second-order valence-electron chi connectivity index (χ2n) is 5.29. The topological polar surface area (TPSA) is 54.0 Å². The molecule has 4 aromatic rings. The van der Waals surface area contributed by atoms with Crippen molar-refractivity contribution in [3.8, 4) is 28.5 Å². The number of pyridine rings is 2. The molecular formula is C19H11FN4. The quantitative estimate of drug-likeness (QED) is 0.560. The lowest BCUT2D eigenvalue weighted by Gasteiger charge is -2.03. The molecule has 0 saturated heterocycles. The van der Waals surface area contributed by atoms with Crippen LogP contribution in [0.1, 0.15) is 5.69 Å². The van der Waals surface area contributed by atoms with E-state index in [9.17, 15) is 9.65 Å². The van der Waals surface area contributed by atoms with Gasteiger partial charge in [0.05, 0.1) is 5.52 Å². The van der Waals surface area contributed by atoms with Crippen LogP contribution >= 0.6 is 0 Å². The van der Waals surface area contributed by atoms with Crippen LogP contribution in [0.2, 0.25) is 0 Å². The molecule has 3 heterocycles. The number of rotatable bonds is 2. The Morgan fingerprint density at radius 3 is 2.38 bits per heavy atom. The molecule has 24 heavy (non-hydrogen) atoms. The van der Waals surface area contributed by atoms with Gasteiger partial charge < -0.3 is 0 Å². The SMILES string of the molecule is N#Cc1cccc2c(-c3ccncc3)c(-c3ccc(F)cc3)nn12. The van der Waals surface area contributed by atoms with Crippen molar-refractivity contribution in [2.24, 2.45) is 0 Å². The van der Waals surface area contributed by atoms with Gasteiger partial charge in [-0.2, -0.15) is 10.4 Å². The molecule has 0 amide bonds. The van der Waals surface area contributed by atoms with E-state index in [0.29, 0.717) is 11.4 Å². The summed E-state index contributed by atoms with van der Waals surface area (Å²) >= 11 is 0. The summed E-state index contributed by atoms with van der Waals surface area (Å²) in [4.78, 5) is 4.05. The molecule has 0 spiro atoms. The van der Waals surface area contributed by atoms with E-state index >= 15 is 0 Å². The normalized spacial score (nSPS) is 10.7. The first-order valence-corrected chi connectivity index (χ1v) is 7.36. The average Bonchev–Trinajstić information content (AvgIpc) is 3.02. The zero-order valence-corrected chi connectivity index (χ0v) is 12.5. The van der Waals surface area contributed by atoms with Crippen molar-refractivity contribution < 1.29 is 4.39 Å². The van der Waals surface area contributed by atoms with Crippen LogP contribution in [0.25, 0.3) is 27.9 Å². The molecule has 0 aliphatic carbocycles. The van der Waals surface area contributed by atoms with Gasteiger partial charge in [-0.1, -0.05) is 6.07 Å². The smallest absolute Gasteiger partial charge is 0.142 e. The Morgan fingerprint density at radius 1 is 0.917 bits per heavy atom. The average molecular weight is 314 g/mol. The molecule has 0 aliphatic heterocycles. The lowest BCUT2D eigenvalue weighted by Crippen LogP contribution is -1.93. The van der Waals surface area contributed by atoms with Gasteiger partial charge in [0.25, 0.3) is 0 Å². The van der Waals surface area contributed by atoms with Crippen LogP contribution in [0.15, 0.2) is 67.0 Å². The molecule has 0 bridgehead atoms. The van der Waals surface area contributed by atoms with Gasteiger partial charge in [-0.15, -0.1) is 0 Å². The van der Waals surface area contributed by atoms with Gasteiger partial charge in [0.15, 0.2) is 0 Å². The highest BCUT2D eigenvalue weighted by atomic mass is 19.1. The minimum Gasteiger partial charge on any atom is -0.265 e. The molecule has 5 heteroatoms. The number of aromatic nitrogens is 3. The van der Waals surface area contributed by atoms with E-state index in [-0.39, 0.29) is 5.82 Å². The van der Waals surface area contributed by atoms with Crippen molar-refractivity contribution in [1.82, 2.24) is 14.6 Å². The molecule has 0 radical (unpaired) electrons. The van der Waals surface area contributed by atoms with Crippen LogP contribution in [0.3, 0.4) is 0 Å². The number of fused-ring (bicyclic) bond motifs is 1. The van der Waals surface area contributed by atoms with Gasteiger partial charge in [-0.3, -0.25) is 4.98 Å². The number of hydrogen-bond donors (Lipinski definition) is 0. The lowest BCUT2D eigenvalue weighted by atomic mass is 10.0. The van der Waals surface area contributed by atoms with Crippen LogP contribution in [-0.4, -0.2) is 14.6 Å². The zero-order chi connectivity index (χ0) is 16.5. The summed E-state index contributed by atoms with van der Waals surface area (Å²) < 4.78 is 14.9. The summed E-state index contributed by atoms with van der Waals surface area (Å²) in [5, 5.41) is 14.0. The predicted molar refractivity (Wildman–Crippen MR) is 88.5 cm³/mol. The first-order valence-electron chi connectivity index (χ1n) is 7.36. The maximum Gasteiger partial charge on any atom is 0.142 e. The molecule has 114 valence electrons. The highest BCUT2D eigenvalue weighted by Gasteiger charge is 2.17. The van der Waals surface area contributed by atoms with E-state index in [0.717, 1.165) is 22.2 Å². The minimum atomic E-state index is -0.300. The van der Waals surface area contributed by atoms with Crippen molar-refractivity contribution in [1.29, 1.82) is 5.26 Å². The van der Waals surface area contributed by atoms with Crippen molar-refractivity contribution in [2.45, 2.75) is 0 Å². The second-order valence-corrected chi connectivity index (χ2v) is 5.29. The largest absolute Gasteiger partial charge is 0.265 e. The highest BCUT2D eigenvalue weighted by molar-refractivity contribution is 5.92. The first kappa shape index (κ1) is 14.1. The third kappa shape index (κ3) is 2.22. The second kappa shape index (κ2) is 5.60. The van der Waals surface area contributed by atoms with Gasteiger partial charge >= 0.3 is 0 Å². The Hall–Kier alpha value is -3.52. The van der Waals surface area contributed by atoms with Gasteiger partial charge in [-0.05, 0) is 54.1 Å². The Bertz CT molecular complexity index is 1060. The standard InChI is InChI=1S/C19H11FN4/c20-15-6-4-14(5-7-15)19-18(13-8-10-22-11-9-13)17-3-1-2-16(12-21)24(17)23-19/h1-11H. The molecule has 4 rings (SSSR count). The van der Waals surface area contributed by atoms with Crippen molar-refractivity contribution >= 4 is 5.52 Å². The van der Waals surface area contributed by atoms with E-state index in [4.69, 9.17) is 0 Å². The molecule has 4 nitrogen and oxygen atoms in total. The Morgan fingerprint density at radius 2 is 1.67 bits per heavy atom. The van der Waals surface area contributed by atoms with Gasteiger partial charge in [0, 0.05) is 23.5 Å². The fourth-order valence-electron chi connectivity index (χ4n) is 2.77. The Kier molecular flexibility index (Phi) is 3.29. The van der Waals surface area contributed by atoms with Gasteiger partial charge in [0.2, 0.25) is 0 Å². The maximum atomic E-state index is 13.3.